The Kier molecular flexibility index (Phi) is 3.17. The summed E-state index contributed by atoms with van der Waals surface area (Å²) in [6.45, 7) is 3.86. The lowest BCUT2D eigenvalue weighted by Gasteiger charge is -2.04. The first-order chi connectivity index (χ1) is 5.65. The molecule has 0 aromatic carbocycles. The molecular formula is C7H10ClN3S. The Morgan fingerprint density at radius 1 is 1.50 bits per heavy atom. The second kappa shape index (κ2) is 3.96. The van der Waals surface area contributed by atoms with Crippen LogP contribution >= 0.6 is 23.4 Å². The van der Waals surface area contributed by atoms with Crippen molar-refractivity contribution >= 4 is 29.1 Å². The standard InChI is InChI=1S/C7H10ClN3S/c1-3-12-6-5(9)4(2)10-7(8)11-6/h3,9H2,1-2H3. The molecule has 12 heavy (non-hydrogen) atoms. The molecule has 1 heterocycles. The minimum Gasteiger partial charge on any atom is -0.395 e. The van der Waals surface area contributed by atoms with Gasteiger partial charge in [0.2, 0.25) is 5.28 Å². The number of hydrogen-bond donors (Lipinski definition) is 1. The predicted octanol–water partition coefficient (Wildman–Crippen LogP) is 2.13. The molecule has 1 rings (SSSR count). The van der Waals surface area contributed by atoms with Gasteiger partial charge in [0.25, 0.3) is 0 Å². The van der Waals surface area contributed by atoms with E-state index in [9.17, 15) is 0 Å². The highest BCUT2D eigenvalue weighted by Gasteiger charge is 2.06. The van der Waals surface area contributed by atoms with E-state index in [0.717, 1.165) is 16.5 Å². The summed E-state index contributed by atoms with van der Waals surface area (Å²) in [5.74, 6) is 0.928. The molecule has 3 nitrogen and oxygen atoms in total. The van der Waals surface area contributed by atoms with Gasteiger partial charge in [0.15, 0.2) is 0 Å². The van der Waals surface area contributed by atoms with Crippen LogP contribution in [0.25, 0.3) is 0 Å². The third-order valence-electron chi connectivity index (χ3n) is 1.36. The quantitative estimate of drug-likeness (QED) is 0.455. The van der Waals surface area contributed by atoms with E-state index in [4.69, 9.17) is 17.3 Å². The van der Waals surface area contributed by atoms with Gasteiger partial charge < -0.3 is 5.73 Å². The Balaban J connectivity index is 3.09. The summed E-state index contributed by atoms with van der Waals surface area (Å²) in [6.07, 6.45) is 0. The summed E-state index contributed by atoms with van der Waals surface area (Å²) in [6, 6.07) is 0. The maximum Gasteiger partial charge on any atom is 0.223 e. The molecule has 0 saturated carbocycles. The van der Waals surface area contributed by atoms with Crippen LogP contribution < -0.4 is 5.73 Å². The molecule has 1 aromatic rings. The van der Waals surface area contributed by atoms with Crippen molar-refractivity contribution in [3.05, 3.63) is 11.0 Å². The van der Waals surface area contributed by atoms with Crippen LogP contribution in [-0.2, 0) is 0 Å². The van der Waals surface area contributed by atoms with Gasteiger partial charge in [0.1, 0.15) is 5.03 Å². The largest absolute Gasteiger partial charge is 0.395 e. The third kappa shape index (κ3) is 2.01. The van der Waals surface area contributed by atoms with Crippen molar-refractivity contribution in [1.82, 2.24) is 9.97 Å². The Bertz CT molecular complexity index is 290. The summed E-state index contributed by atoms with van der Waals surface area (Å²) < 4.78 is 0. The van der Waals surface area contributed by atoms with E-state index < -0.39 is 0 Å². The topological polar surface area (TPSA) is 51.8 Å². The fraction of sp³-hybridized carbons (Fsp3) is 0.429. The zero-order chi connectivity index (χ0) is 9.14. The van der Waals surface area contributed by atoms with Crippen molar-refractivity contribution in [3.8, 4) is 0 Å². The minimum absolute atomic E-state index is 0.262. The molecule has 0 atom stereocenters. The normalized spacial score (nSPS) is 10.2. The van der Waals surface area contributed by atoms with Gasteiger partial charge >= 0.3 is 0 Å². The van der Waals surface area contributed by atoms with Crippen molar-refractivity contribution in [2.75, 3.05) is 11.5 Å². The van der Waals surface area contributed by atoms with E-state index in [1.165, 1.54) is 0 Å². The summed E-state index contributed by atoms with van der Waals surface area (Å²) in [4.78, 5) is 7.95. The molecule has 0 amide bonds. The lowest BCUT2D eigenvalue weighted by Crippen LogP contribution is -1.99. The average molecular weight is 204 g/mol. The van der Waals surface area contributed by atoms with Crippen LogP contribution in [0.5, 0.6) is 0 Å². The van der Waals surface area contributed by atoms with Gasteiger partial charge in [-0.2, -0.15) is 0 Å². The number of anilines is 1. The molecule has 2 N–H and O–H groups in total. The molecule has 0 aliphatic carbocycles. The van der Waals surface area contributed by atoms with Crippen molar-refractivity contribution in [3.63, 3.8) is 0 Å². The van der Waals surface area contributed by atoms with Gasteiger partial charge in [0, 0.05) is 0 Å². The minimum atomic E-state index is 0.262. The molecule has 0 unspecified atom stereocenters. The number of rotatable bonds is 2. The Labute approximate surface area is 80.7 Å². The van der Waals surface area contributed by atoms with Crippen molar-refractivity contribution < 1.29 is 0 Å². The van der Waals surface area contributed by atoms with Crippen LogP contribution in [0.2, 0.25) is 5.28 Å². The van der Waals surface area contributed by atoms with Crippen LogP contribution in [0, 0.1) is 6.92 Å². The van der Waals surface area contributed by atoms with Crippen LogP contribution in [0.4, 0.5) is 5.69 Å². The number of nitrogens with zero attached hydrogens (tertiary/aromatic N) is 2. The van der Waals surface area contributed by atoms with E-state index in [0.29, 0.717) is 5.69 Å². The Hall–Kier alpha value is -0.480. The molecule has 0 bridgehead atoms. The van der Waals surface area contributed by atoms with Crippen LogP contribution in [0.1, 0.15) is 12.6 Å². The zero-order valence-electron chi connectivity index (χ0n) is 6.97. The molecule has 0 aliphatic rings. The fourth-order valence-corrected chi connectivity index (χ4v) is 1.76. The SMILES string of the molecule is CCSc1nc(Cl)nc(C)c1N. The monoisotopic (exact) mass is 203 g/mol. The van der Waals surface area contributed by atoms with Crippen LogP contribution in [-0.4, -0.2) is 15.7 Å². The second-order valence-electron chi connectivity index (χ2n) is 2.23. The molecule has 0 fully saturated rings. The number of aromatic nitrogens is 2. The van der Waals surface area contributed by atoms with Gasteiger partial charge in [-0.3, -0.25) is 0 Å². The van der Waals surface area contributed by atoms with Gasteiger partial charge in [-0.25, -0.2) is 9.97 Å². The molecule has 0 saturated heterocycles. The van der Waals surface area contributed by atoms with E-state index >= 15 is 0 Å². The van der Waals surface area contributed by atoms with E-state index in [-0.39, 0.29) is 5.28 Å². The summed E-state index contributed by atoms with van der Waals surface area (Å²) in [5, 5.41) is 1.03. The first-order valence-electron chi connectivity index (χ1n) is 3.57. The summed E-state index contributed by atoms with van der Waals surface area (Å²) >= 11 is 7.24. The number of thioether (sulfide) groups is 1. The smallest absolute Gasteiger partial charge is 0.223 e. The number of nitrogen functional groups attached to an aromatic ring is 1. The van der Waals surface area contributed by atoms with Gasteiger partial charge in [-0.15, -0.1) is 11.8 Å². The fourth-order valence-electron chi connectivity index (χ4n) is 0.769. The molecular weight excluding hydrogens is 194 g/mol. The van der Waals surface area contributed by atoms with E-state index in [1.807, 2.05) is 13.8 Å². The Morgan fingerprint density at radius 2 is 2.17 bits per heavy atom. The first kappa shape index (κ1) is 9.61. The lowest BCUT2D eigenvalue weighted by molar-refractivity contribution is 1.02. The third-order valence-corrected chi connectivity index (χ3v) is 2.40. The van der Waals surface area contributed by atoms with E-state index in [2.05, 4.69) is 9.97 Å². The number of hydrogen-bond acceptors (Lipinski definition) is 4. The highest BCUT2D eigenvalue weighted by molar-refractivity contribution is 7.99. The summed E-state index contributed by atoms with van der Waals surface area (Å²) in [5.41, 5.74) is 7.11. The molecule has 1 aromatic heterocycles. The van der Waals surface area contributed by atoms with Gasteiger partial charge in [0.05, 0.1) is 11.4 Å². The first-order valence-corrected chi connectivity index (χ1v) is 4.94. The number of halogens is 1. The number of aryl methyl sites for hydroxylation is 1. The molecule has 0 radical (unpaired) electrons. The zero-order valence-corrected chi connectivity index (χ0v) is 8.54. The summed E-state index contributed by atoms with van der Waals surface area (Å²) in [7, 11) is 0. The van der Waals surface area contributed by atoms with Gasteiger partial charge in [-0.05, 0) is 24.3 Å². The highest BCUT2D eigenvalue weighted by Crippen LogP contribution is 2.25. The highest BCUT2D eigenvalue weighted by atomic mass is 35.5. The van der Waals surface area contributed by atoms with Crippen molar-refractivity contribution in [2.24, 2.45) is 0 Å². The Morgan fingerprint density at radius 3 is 2.75 bits per heavy atom. The van der Waals surface area contributed by atoms with Gasteiger partial charge in [-0.1, -0.05) is 6.92 Å². The van der Waals surface area contributed by atoms with E-state index in [1.54, 1.807) is 11.8 Å². The average Bonchev–Trinajstić information content (AvgIpc) is 2.00. The van der Waals surface area contributed by atoms with Crippen molar-refractivity contribution in [1.29, 1.82) is 0 Å². The molecule has 0 aliphatic heterocycles. The maximum atomic E-state index is 5.73. The van der Waals surface area contributed by atoms with Crippen molar-refractivity contribution in [2.45, 2.75) is 18.9 Å². The lowest BCUT2D eigenvalue weighted by atomic mass is 10.4. The predicted molar refractivity (Wildman–Crippen MR) is 52.6 cm³/mol. The maximum absolute atomic E-state index is 5.73. The van der Waals surface area contributed by atoms with Crippen LogP contribution in [0.3, 0.4) is 0 Å². The molecule has 66 valence electrons. The molecule has 0 spiro atoms. The second-order valence-corrected chi connectivity index (χ2v) is 3.82. The molecule has 5 heteroatoms. The van der Waals surface area contributed by atoms with Crippen LogP contribution in [0.15, 0.2) is 5.03 Å². The number of nitrogens with two attached hydrogens (primary N) is 1.